The molecule has 4 heteroatoms. The lowest BCUT2D eigenvalue weighted by Crippen LogP contribution is -2.53. The van der Waals surface area contributed by atoms with E-state index < -0.39 is 11.6 Å². The summed E-state index contributed by atoms with van der Waals surface area (Å²) in [6.45, 7) is 2.25. The van der Waals surface area contributed by atoms with Crippen LogP contribution in [0.4, 0.5) is 8.78 Å². The number of halogens is 2. The Morgan fingerprint density at radius 1 is 1.05 bits per heavy atom. The average molecular weight is 294 g/mol. The highest BCUT2D eigenvalue weighted by atomic mass is 19.2. The van der Waals surface area contributed by atoms with Crippen molar-refractivity contribution in [3.63, 3.8) is 0 Å². The third-order valence-corrected chi connectivity index (χ3v) is 5.31. The maximum atomic E-state index is 13.6. The Kier molecular flexibility index (Phi) is 4.27. The van der Waals surface area contributed by atoms with Crippen LogP contribution in [-0.4, -0.2) is 30.6 Å². The van der Waals surface area contributed by atoms with Crippen molar-refractivity contribution in [3.05, 3.63) is 35.4 Å². The van der Waals surface area contributed by atoms with Crippen LogP contribution in [0.3, 0.4) is 0 Å². The fraction of sp³-hybridized carbons (Fsp3) is 0.647. The molecule has 0 aromatic heterocycles. The zero-order valence-corrected chi connectivity index (χ0v) is 12.7. The number of nitrogens with one attached hydrogen (secondary N) is 1. The van der Waals surface area contributed by atoms with Crippen molar-refractivity contribution in [2.75, 3.05) is 20.1 Å². The fourth-order valence-electron chi connectivity index (χ4n) is 4.37. The lowest BCUT2D eigenvalue weighted by atomic mass is 9.82. The molecule has 1 N–H and O–H groups in total. The van der Waals surface area contributed by atoms with Gasteiger partial charge in [0.1, 0.15) is 0 Å². The summed E-state index contributed by atoms with van der Waals surface area (Å²) in [6.07, 6.45) is 7.21. The number of hydrogen-bond donors (Lipinski definition) is 1. The molecule has 1 saturated heterocycles. The molecule has 0 spiro atoms. The zero-order chi connectivity index (χ0) is 14.9. The van der Waals surface area contributed by atoms with Crippen LogP contribution in [0.15, 0.2) is 18.2 Å². The van der Waals surface area contributed by atoms with Gasteiger partial charge >= 0.3 is 0 Å². The van der Waals surface area contributed by atoms with Gasteiger partial charge in [0, 0.05) is 5.54 Å². The SMILES string of the molecule is CNC(c1ccc(F)c(F)c1)C1(N2CCCC2)CCCC1. The zero-order valence-electron chi connectivity index (χ0n) is 12.7. The molecule has 1 unspecified atom stereocenters. The molecule has 21 heavy (non-hydrogen) atoms. The summed E-state index contributed by atoms with van der Waals surface area (Å²) in [5.41, 5.74) is 0.931. The van der Waals surface area contributed by atoms with Gasteiger partial charge in [-0.2, -0.15) is 0 Å². The average Bonchev–Trinajstić information content (AvgIpc) is 3.15. The highest BCUT2D eigenvalue weighted by molar-refractivity contribution is 5.26. The van der Waals surface area contributed by atoms with E-state index >= 15 is 0 Å². The first kappa shape index (κ1) is 14.9. The highest BCUT2D eigenvalue weighted by Crippen LogP contribution is 2.45. The van der Waals surface area contributed by atoms with E-state index in [1.165, 1.54) is 37.8 Å². The van der Waals surface area contributed by atoms with E-state index in [1.807, 2.05) is 7.05 Å². The Morgan fingerprint density at radius 2 is 1.71 bits per heavy atom. The van der Waals surface area contributed by atoms with Crippen LogP contribution in [0.5, 0.6) is 0 Å². The minimum absolute atomic E-state index is 0.0631. The molecule has 1 aliphatic carbocycles. The van der Waals surface area contributed by atoms with Crippen molar-refractivity contribution < 1.29 is 8.78 Å². The van der Waals surface area contributed by atoms with E-state index in [9.17, 15) is 8.78 Å². The molecule has 1 aromatic carbocycles. The first-order valence-electron chi connectivity index (χ1n) is 8.05. The van der Waals surface area contributed by atoms with E-state index in [-0.39, 0.29) is 11.6 Å². The van der Waals surface area contributed by atoms with Gasteiger partial charge < -0.3 is 5.32 Å². The summed E-state index contributed by atoms with van der Waals surface area (Å²) in [4.78, 5) is 2.59. The summed E-state index contributed by atoms with van der Waals surface area (Å²) in [5.74, 6) is -1.52. The Bertz CT molecular complexity index is 492. The molecule has 1 atom stereocenters. The Balaban J connectivity index is 1.96. The van der Waals surface area contributed by atoms with Crippen molar-refractivity contribution in [1.29, 1.82) is 0 Å². The fourth-order valence-corrected chi connectivity index (χ4v) is 4.37. The molecule has 116 valence electrons. The van der Waals surface area contributed by atoms with Gasteiger partial charge in [-0.25, -0.2) is 8.78 Å². The van der Waals surface area contributed by atoms with Gasteiger partial charge in [-0.1, -0.05) is 18.9 Å². The van der Waals surface area contributed by atoms with Crippen molar-refractivity contribution in [2.45, 2.75) is 50.1 Å². The predicted octanol–water partition coefficient (Wildman–Crippen LogP) is 3.63. The van der Waals surface area contributed by atoms with E-state index in [0.717, 1.165) is 31.5 Å². The van der Waals surface area contributed by atoms with Gasteiger partial charge in [-0.3, -0.25) is 4.90 Å². The Morgan fingerprint density at radius 3 is 2.29 bits per heavy atom. The van der Waals surface area contributed by atoms with Crippen LogP contribution in [0.1, 0.15) is 50.1 Å². The summed E-state index contributed by atoms with van der Waals surface area (Å²) in [7, 11) is 1.93. The molecule has 0 radical (unpaired) electrons. The van der Waals surface area contributed by atoms with Gasteiger partial charge in [-0.05, 0) is 63.5 Å². The van der Waals surface area contributed by atoms with E-state index in [2.05, 4.69) is 10.2 Å². The molecule has 2 fully saturated rings. The van der Waals surface area contributed by atoms with E-state index in [0.29, 0.717) is 0 Å². The first-order valence-corrected chi connectivity index (χ1v) is 8.05. The normalized spacial score (nSPS) is 23.6. The summed E-state index contributed by atoms with van der Waals surface area (Å²) < 4.78 is 26.9. The van der Waals surface area contributed by atoms with Gasteiger partial charge in [0.25, 0.3) is 0 Å². The highest BCUT2D eigenvalue weighted by Gasteiger charge is 2.46. The molecule has 0 bridgehead atoms. The molecule has 1 saturated carbocycles. The second-order valence-corrected chi connectivity index (χ2v) is 6.40. The molecule has 2 nitrogen and oxygen atoms in total. The number of rotatable bonds is 4. The second kappa shape index (κ2) is 6.01. The summed E-state index contributed by atoms with van der Waals surface area (Å²) >= 11 is 0. The standard InChI is InChI=1S/C17H24F2N2/c1-20-16(13-6-7-14(18)15(19)12-13)17(8-2-3-9-17)21-10-4-5-11-21/h6-7,12,16,20H,2-5,8-11H2,1H3. The molecule has 2 aliphatic rings. The van der Waals surface area contributed by atoms with Crippen molar-refractivity contribution >= 4 is 0 Å². The quantitative estimate of drug-likeness (QED) is 0.912. The van der Waals surface area contributed by atoms with Gasteiger partial charge in [0.15, 0.2) is 11.6 Å². The second-order valence-electron chi connectivity index (χ2n) is 6.40. The maximum absolute atomic E-state index is 13.6. The van der Waals surface area contributed by atoms with Crippen LogP contribution in [0.25, 0.3) is 0 Å². The third kappa shape index (κ3) is 2.59. The summed E-state index contributed by atoms with van der Waals surface area (Å²) in [5, 5.41) is 3.39. The molecule has 1 aliphatic heterocycles. The number of benzene rings is 1. The molecule has 0 amide bonds. The topological polar surface area (TPSA) is 15.3 Å². The van der Waals surface area contributed by atoms with Crippen LogP contribution in [0.2, 0.25) is 0 Å². The monoisotopic (exact) mass is 294 g/mol. The van der Waals surface area contributed by atoms with Crippen molar-refractivity contribution in [1.82, 2.24) is 10.2 Å². The number of likely N-dealkylation sites (tertiary alicyclic amines) is 1. The molecule has 3 rings (SSSR count). The lowest BCUT2D eigenvalue weighted by molar-refractivity contribution is 0.0795. The molecule has 1 aromatic rings. The van der Waals surface area contributed by atoms with Gasteiger partial charge in [0.2, 0.25) is 0 Å². The largest absolute Gasteiger partial charge is 0.311 e. The minimum Gasteiger partial charge on any atom is -0.311 e. The Hall–Kier alpha value is -1.00. The van der Waals surface area contributed by atoms with E-state index in [4.69, 9.17) is 0 Å². The number of hydrogen-bond acceptors (Lipinski definition) is 2. The van der Waals surface area contributed by atoms with Crippen LogP contribution in [-0.2, 0) is 0 Å². The van der Waals surface area contributed by atoms with Gasteiger partial charge in [-0.15, -0.1) is 0 Å². The smallest absolute Gasteiger partial charge is 0.159 e. The van der Waals surface area contributed by atoms with Crippen LogP contribution in [0, 0.1) is 11.6 Å². The van der Waals surface area contributed by atoms with Crippen LogP contribution >= 0.6 is 0 Å². The van der Waals surface area contributed by atoms with Crippen LogP contribution < -0.4 is 5.32 Å². The van der Waals surface area contributed by atoms with Crippen molar-refractivity contribution in [2.24, 2.45) is 0 Å². The number of nitrogens with zero attached hydrogens (tertiary/aromatic N) is 1. The Labute approximate surface area is 125 Å². The predicted molar refractivity (Wildman–Crippen MR) is 80.2 cm³/mol. The number of likely N-dealkylation sites (N-methyl/N-ethyl adjacent to an activating group) is 1. The third-order valence-electron chi connectivity index (χ3n) is 5.31. The van der Waals surface area contributed by atoms with Crippen molar-refractivity contribution in [3.8, 4) is 0 Å². The molecule has 1 heterocycles. The minimum atomic E-state index is -0.768. The van der Waals surface area contributed by atoms with Gasteiger partial charge in [0.05, 0.1) is 6.04 Å². The molecular formula is C17H24F2N2. The van der Waals surface area contributed by atoms with E-state index in [1.54, 1.807) is 6.07 Å². The first-order chi connectivity index (χ1) is 10.2. The lowest BCUT2D eigenvalue weighted by Gasteiger charge is -2.45. The summed E-state index contributed by atoms with van der Waals surface area (Å²) in [6, 6.07) is 4.41. The molecular weight excluding hydrogens is 270 g/mol. The maximum Gasteiger partial charge on any atom is 0.159 e.